The molecule has 1 aromatic carbocycles. The molecule has 0 bridgehead atoms. The van der Waals surface area contributed by atoms with Gasteiger partial charge < -0.3 is 19.9 Å². The molecule has 0 saturated carbocycles. The highest BCUT2D eigenvalue weighted by Crippen LogP contribution is 2.32. The Hall–Kier alpha value is -3.34. The number of nitrogens with one attached hydrogen (secondary N) is 2. The number of hydrogen-bond donors (Lipinski definition) is 2. The number of aromatic nitrogens is 5. The minimum atomic E-state index is -0.114. The van der Waals surface area contributed by atoms with Crippen LogP contribution in [0.4, 0.5) is 5.95 Å². The van der Waals surface area contributed by atoms with E-state index in [0.29, 0.717) is 51.9 Å². The van der Waals surface area contributed by atoms with Crippen molar-refractivity contribution in [3.05, 3.63) is 51.7 Å². The number of nitrogens with zero attached hydrogens (tertiary/aromatic N) is 5. The summed E-state index contributed by atoms with van der Waals surface area (Å²) in [6.45, 7) is 5.67. The molecule has 0 aliphatic carbocycles. The number of ether oxygens (including phenoxy) is 1. The lowest BCUT2D eigenvalue weighted by Gasteiger charge is -2.25. The summed E-state index contributed by atoms with van der Waals surface area (Å²) in [6, 6.07) is 7.55. The third-order valence-electron chi connectivity index (χ3n) is 7.33. The van der Waals surface area contributed by atoms with E-state index in [1.54, 1.807) is 19.2 Å². The van der Waals surface area contributed by atoms with Gasteiger partial charge in [-0.15, -0.1) is 0 Å². The Morgan fingerprint density at radius 2 is 1.92 bits per heavy atom. The Labute approximate surface area is 224 Å². The second-order valence-electron chi connectivity index (χ2n) is 10.0. The lowest BCUT2D eigenvalue weighted by atomic mass is 9.97. The van der Waals surface area contributed by atoms with Crippen molar-refractivity contribution in [2.75, 3.05) is 31.6 Å². The molecule has 2 saturated heterocycles. The van der Waals surface area contributed by atoms with E-state index in [1.165, 1.54) is 0 Å². The molecule has 0 unspecified atom stereocenters. The summed E-state index contributed by atoms with van der Waals surface area (Å²) in [5, 5.41) is 12.0. The number of piperidine rings is 1. The van der Waals surface area contributed by atoms with Crippen molar-refractivity contribution in [3.63, 3.8) is 0 Å². The average molecular weight is 536 g/mol. The van der Waals surface area contributed by atoms with Gasteiger partial charge in [-0.3, -0.25) is 9.36 Å². The summed E-state index contributed by atoms with van der Waals surface area (Å²) < 4.78 is 12.4. The Bertz CT molecular complexity index is 1510. The Morgan fingerprint density at radius 3 is 2.66 bits per heavy atom. The third kappa shape index (κ3) is 5.16. The predicted molar refractivity (Wildman–Crippen MR) is 145 cm³/mol. The van der Waals surface area contributed by atoms with Crippen molar-refractivity contribution in [1.82, 2.24) is 30.0 Å². The van der Waals surface area contributed by atoms with E-state index >= 15 is 0 Å². The Kier molecular flexibility index (Phi) is 7.10. The van der Waals surface area contributed by atoms with Crippen LogP contribution in [0.15, 0.2) is 39.8 Å². The normalized spacial score (nSPS) is 17.2. The van der Waals surface area contributed by atoms with Gasteiger partial charge in [0.1, 0.15) is 5.65 Å². The van der Waals surface area contributed by atoms with E-state index in [2.05, 4.69) is 25.8 Å². The maximum atomic E-state index is 14.0. The van der Waals surface area contributed by atoms with Gasteiger partial charge in [-0.05, 0) is 56.8 Å². The molecule has 0 spiro atoms. The molecule has 2 fully saturated rings. The average Bonchev–Trinajstić information content (AvgIpc) is 3.38. The van der Waals surface area contributed by atoms with Gasteiger partial charge >= 0.3 is 0 Å². The zero-order valence-electron chi connectivity index (χ0n) is 21.2. The molecule has 10 nitrogen and oxygen atoms in total. The molecular weight excluding hydrogens is 506 g/mol. The smallest absolute Gasteiger partial charge is 0.260 e. The first-order valence-electron chi connectivity index (χ1n) is 13.1. The second-order valence-corrected chi connectivity index (χ2v) is 10.4. The van der Waals surface area contributed by atoms with E-state index in [0.717, 1.165) is 62.9 Å². The number of benzene rings is 1. The molecule has 5 heterocycles. The molecule has 0 atom stereocenters. The summed E-state index contributed by atoms with van der Waals surface area (Å²) in [6.07, 6.45) is 5.61. The van der Waals surface area contributed by atoms with Crippen LogP contribution in [0.5, 0.6) is 0 Å². The first kappa shape index (κ1) is 25.0. The van der Waals surface area contributed by atoms with Gasteiger partial charge in [-0.25, -0.2) is 4.98 Å². The number of halogens is 1. The molecule has 0 radical (unpaired) electrons. The molecule has 2 aliphatic rings. The number of aryl methyl sites for hydroxylation is 1. The SMILES string of the molecule is Cc1nc(-c2ccc(-c3cc4cnc(NC5CCOCC5)nc4n(CC4CCNCC4)c3=O)c(Cl)c2)no1. The topological polar surface area (TPSA) is 120 Å². The fourth-order valence-electron chi connectivity index (χ4n) is 5.23. The monoisotopic (exact) mass is 535 g/mol. The fraction of sp³-hybridized carbons (Fsp3) is 0.444. The van der Waals surface area contributed by atoms with Crippen LogP contribution in [0.25, 0.3) is 33.5 Å². The molecule has 38 heavy (non-hydrogen) atoms. The van der Waals surface area contributed by atoms with Gasteiger partial charge in [-0.1, -0.05) is 28.9 Å². The zero-order chi connectivity index (χ0) is 26.1. The molecule has 3 aromatic heterocycles. The molecule has 11 heteroatoms. The third-order valence-corrected chi connectivity index (χ3v) is 7.64. The van der Waals surface area contributed by atoms with Crippen LogP contribution in [0.1, 0.15) is 31.6 Å². The van der Waals surface area contributed by atoms with E-state index in [4.69, 9.17) is 25.8 Å². The highest BCUT2D eigenvalue weighted by atomic mass is 35.5. The van der Waals surface area contributed by atoms with Gasteiger partial charge in [0.05, 0.1) is 0 Å². The maximum Gasteiger partial charge on any atom is 0.260 e. The standard InChI is InChI=1S/C27H30ClN7O3/c1-16-31-24(34-38-16)18-2-3-21(23(28)13-18)22-12-19-14-30-27(32-20-6-10-37-11-7-20)33-25(19)35(26(22)36)15-17-4-8-29-9-5-17/h2-3,12-14,17,20,29H,4-11,15H2,1H3,(H,30,32,33). The molecule has 6 rings (SSSR count). The summed E-state index contributed by atoms with van der Waals surface area (Å²) in [4.78, 5) is 27.7. The molecule has 198 valence electrons. The summed E-state index contributed by atoms with van der Waals surface area (Å²) >= 11 is 6.73. The summed E-state index contributed by atoms with van der Waals surface area (Å²) in [5.74, 6) is 1.85. The van der Waals surface area contributed by atoms with Crippen molar-refractivity contribution in [1.29, 1.82) is 0 Å². The number of hydrogen-bond acceptors (Lipinski definition) is 9. The van der Waals surface area contributed by atoms with Gasteiger partial charge in [0.2, 0.25) is 17.7 Å². The van der Waals surface area contributed by atoms with Crippen LogP contribution in [0.2, 0.25) is 5.02 Å². The number of pyridine rings is 1. The van der Waals surface area contributed by atoms with Crippen LogP contribution in [0.3, 0.4) is 0 Å². The number of anilines is 1. The lowest BCUT2D eigenvalue weighted by Crippen LogP contribution is -2.33. The lowest BCUT2D eigenvalue weighted by molar-refractivity contribution is 0.0903. The Balaban J connectivity index is 1.42. The van der Waals surface area contributed by atoms with Gasteiger partial charge in [0.15, 0.2) is 0 Å². The van der Waals surface area contributed by atoms with Gasteiger partial charge in [0, 0.05) is 66.0 Å². The van der Waals surface area contributed by atoms with Crippen LogP contribution in [-0.4, -0.2) is 57.0 Å². The number of rotatable bonds is 6. The predicted octanol–water partition coefficient (Wildman–Crippen LogP) is 4.06. The molecule has 2 N–H and O–H groups in total. The number of fused-ring (bicyclic) bond motifs is 1. The minimum absolute atomic E-state index is 0.114. The van der Waals surface area contributed by atoms with Crippen LogP contribution >= 0.6 is 11.6 Å². The Morgan fingerprint density at radius 1 is 1.11 bits per heavy atom. The first-order valence-corrected chi connectivity index (χ1v) is 13.5. The van der Waals surface area contributed by atoms with Crippen molar-refractivity contribution in [3.8, 4) is 22.5 Å². The van der Waals surface area contributed by atoms with Crippen molar-refractivity contribution >= 4 is 28.6 Å². The quantitative estimate of drug-likeness (QED) is 0.376. The second kappa shape index (κ2) is 10.8. The van der Waals surface area contributed by atoms with Crippen molar-refractivity contribution in [2.24, 2.45) is 5.92 Å². The minimum Gasteiger partial charge on any atom is -0.381 e. The maximum absolute atomic E-state index is 14.0. The van der Waals surface area contributed by atoms with Crippen molar-refractivity contribution < 1.29 is 9.26 Å². The molecule has 2 aliphatic heterocycles. The molecular formula is C27H30ClN7O3. The van der Waals surface area contributed by atoms with E-state index < -0.39 is 0 Å². The van der Waals surface area contributed by atoms with Crippen LogP contribution in [-0.2, 0) is 11.3 Å². The zero-order valence-corrected chi connectivity index (χ0v) is 22.0. The summed E-state index contributed by atoms with van der Waals surface area (Å²) in [7, 11) is 0. The molecule has 4 aromatic rings. The highest BCUT2D eigenvalue weighted by molar-refractivity contribution is 6.33. The van der Waals surface area contributed by atoms with E-state index in [-0.39, 0.29) is 11.6 Å². The van der Waals surface area contributed by atoms with Crippen molar-refractivity contribution in [2.45, 2.75) is 45.2 Å². The first-order chi connectivity index (χ1) is 18.5. The van der Waals surface area contributed by atoms with Gasteiger partial charge in [0.25, 0.3) is 5.56 Å². The van der Waals surface area contributed by atoms with Crippen LogP contribution < -0.4 is 16.2 Å². The fourth-order valence-corrected chi connectivity index (χ4v) is 5.51. The van der Waals surface area contributed by atoms with E-state index in [9.17, 15) is 4.79 Å². The van der Waals surface area contributed by atoms with Crippen LogP contribution in [0, 0.1) is 12.8 Å². The highest BCUT2D eigenvalue weighted by Gasteiger charge is 2.21. The largest absolute Gasteiger partial charge is 0.381 e. The van der Waals surface area contributed by atoms with E-state index in [1.807, 2.05) is 22.8 Å². The molecule has 0 amide bonds. The summed E-state index contributed by atoms with van der Waals surface area (Å²) in [5.41, 5.74) is 2.40. The van der Waals surface area contributed by atoms with Gasteiger partial charge in [-0.2, -0.15) is 9.97 Å².